The molecule has 0 saturated heterocycles. The maximum absolute atomic E-state index is 10.6. The summed E-state index contributed by atoms with van der Waals surface area (Å²) < 4.78 is 0. The molecule has 1 aromatic rings. The predicted molar refractivity (Wildman–Crippen MR) is 73.7 cm³/mol. The lowest BCUT2D eigenvalue weighted by molar-refractivity contribution is -0.124. The number of allylic oxidation sites excluding steroid dienone is 2. The van der Waals surface area contributed by atoms with E-state index in [1.165, 1.54) is 18.2 Å². The number of hydrogen-bond donors (Lipinski definition) is 3. The molecule has 5 nitrogen and oxygen atoms in total. The highest BCUT2D eigenvalue weighted by atomic mass is 35.5. The first-order chi connectivity index (χ1) is 9.35. The van der Waals surface area contributed by atoms with Crippen molar-refractivity contribution >= 4 is 22.8 Å². The Kier molecular flexibility index (Phi) is 5.49. The maximum atomic E-state index is 10.6. The quantitative estimate of drug-likeness (QED) is 0.728. The average molecular weight is 297 g/mol. The van der Waals surface area contributed by atoms with E-state index in [4.69, 9.17) is 21.8 Å². The summed E-state index contributed by atoms with van der Waals surface area (Å²) in [6, 6.07) is 8.30. The number of carboxylic acids is 1. The third-order valence-corrected chi connectivity index (χ3v) is 2.80. The zero-order valence-electron chi connectivity index (χ0n) is 10.4. The summed E-state index contributed by atoms with van der Waals surface area (Å²) in [4.78, 5) is 20.8. The van der Waals surface area contributed by atoms with E-state index in [-0.39, 0.29) is 12.2 Å². The van der Waals surface area contributed by atoms with Crippen molar-refractivity contribution in [3.05, 3.63) is 59.9 Å². The van der Waals surface area contributed by atoms with Crippen LogP contribution in [0, 0.1) is 0 Å². The Balaban J connectivity index is 0.000000204. The number of aromatic carboxylic acids is 1. The minimum Gasteiger partial charge on any atom is -0.512 e. The second kappa shape index (κ2) is 6.88. The number of halogens is 1. The fourth-order valence-corrected chi connectivity index (χ4v) is 1.56. The van der Waals surface area contributed by atoms with Gasteiger partial charge in [-0.25, -0.2) is 4.79 Å². The SMILES string of the molecule is O=C(Cl)C1(O)C=CC=C(O)C1.O=C(O)c1ccccc1. The summed E-state index contributed by atoms with van der Waals surface area (Å²) in [5, 5.41) is 25.8. The molecule has 6 heteroatoms. The van der Waals surface area contributed by atoms with E-state index in [0.29, 0.717) is 5.56 Å². The fraction of sp³-hybridized carbons (Fsp3) is 0.143. The molecule has 0 fully saturated rings. The average Bonchev–Trinajstić information content (AvgIpc) is 2.40. The van der Waals surface area contributed by atoms with Gasteiger partial charge in [0.25, 0.3) is 5.24 Å². The molecule has 0 bridgehead atoms. The molecule has 1 unspecified atom stereocenters. The number of aliphatic hydroxyl groups excluding tert-OH is 1. The number of rotatable bonds is 2. The first-order valence-corrected chi connectivity index (χ1v) is 6.01. The van der Waals surface area contributed by atoms with Crippen LogP contribution in [-0.4, -0.2) is 32.1 Å². The molecule has 0 aromatic heterocycles. The molecular formula is C14H13ClO5. The summed E-state index contributed by atoms with van der Waals surface area (Å²) in [7, 11) is 0. The van der Waals surface area contributed by atoms with E-state index in [1.807, 2.05) is 0 Å². The first kappa shape index (κ1) is 15.9. The Bertz CT molecular complexity index is 550. The van der Waals surface area contributed by atoms with Crippen molar-refractivity contribution in [3.63, 3.8) is 0 Å². The third-order valence-electron chi connectivity index (χ3n) is 2.47. The van der Waals surface area contributed by atoms with E-state index in [0.717, 1.165) is 0 Å². The minimum atomic E-state index is -1.72. The van der Waals surface area contributed by atoms with Crippen molar-refractivity contribution in [1.82, 2.24) is 0 Å². The molecule has 1 aliphatic carbocycles. The normalized spacial score (nSPS) is 20.4. The molecule has 0 saturated carbocycles. The highest BCUT2D eigenvalue weighted by molar-refractivity contribution is 6.65. The number of carboxylic acid groups (broad SMARTS) is 1. The van der Waals surface area contributed by atoms with Crippen LogP contribution in [0.5, 0.6) is 0 Å². The number of benzene rings is 1. The molecule has 0 amide bonds. The van der Waals surface area contributed by atoms with Crippen LogP contribution < -0.4 is 0 Å². The minimum absolute atomic E-state index is 0.0519. The number of aliphatic hydroxyl groups is 2. The fourth-order valence-electron chi connectivity index (χ4n) is 1.43. The molecule has 3 N–H and O–H groups in total. The van der Waals surface area contributed by atoms with Gasteiger partial charge in [0.2, 0.25) is 0 Å². The molecule has 0 aliphatic heterocycles. The second-order valence-electron chi connectivity index (χ2n) is 4.06. The van der Waals surface area contributed by atoms with Crippen molar-refractivity contribution in [2.75, 3.05) is 0 Å². The molecule has 1 aromatic carbocycles. The summed E-state index contributed by atoms with van der Waals surface area (Å²) >= 11 is 5.08. The van der Waals surface area contributed by atoms with Gasteiger partial charge in [0.05, 0.1) is 11.3 Å². The van der Waals surface area contributed by atoms with E-state index in [1.54, 1.807) is 30.3 Å². The van der Waals surface area contributed by atoms with E-state index in [2.05, 4.69) is 0 Å². The lowest BCUT2D eigenvalue weighted by atomic mass is 9.96. The van der Waals surface area contributed by atoms with Crippen LogP contribution in [0.4, 0.5) is 0 Å². The second-order valence-corrected chi connectivity index (χ2v) is 4.41. The number of hydrogen-bond acceptors (Lipinski definition) is 4. The molecule has 0 radical (unpaired) electrons. The van der Waals surface area contributed by atoms with Gasteiger partial charge in [-0.2, -0.15) is 0 Å². The topological polar surface area (TPSA) is 94.8 Å². The van der Waals surface area contributed by atoms with E-state index in [9.17, 15) is 14.7 Å². The van der Waals surface area contributed by atoms with Crippen LogP contribution in [-0.2, 0) is 4.79 Å². The van der Waals surface area contributed by atoms with Crippen LogP contribution in [0.15, 0.2) is 54.3 Å². The molecule has 1 aliphatic rings. The molecule has 20 heavy (non-hydrogen) atoms. The molecular weight excluding hydrogens is 284 g/mol. The Morgan fingerprint density at radius 3 is 2.15 bits per heavy atom. The monoisotopic (exact) mass is 296 g/mol. The Labute approximate surface area is 120 Å². The summed E-state index contributed by atoms with van der Waals surface area (Å²) in [5.41, 5.74) is -1.39. The van der Waals surface area contributed by atoms with Crippen molar-refractivity contribution in [3.8, 4) is 0 Å². The van der Waals surface area contributed by atoms with E-state index >= 15 is 0 Å². The summed E-state index contributed by atoms with van der Waals surface area (Å²) in [5.74, 6) is -0.931. The van der Waals surface area contributed by atoms with Crippen molar-refractivity contribution in [2.24, 2.45) is 0 Å². The Morgan fingerprint density at radius 2 is 1.80 bits per heavy atom. The van der Waals surface area contributed by atoms with Crippen LogP contribution in [0.3, 0.4) is 0 Å². The number of carbonyl (C=O) groups is 2. The molecule has 106 valence electrons. The van der Waals surface area contributed by atoms with Crippen molar-refractivity contribution in [2.45, 2.75) is 12.0 Å². The van der Waals surface area contributed by atoms with Gasteiger partial charge >= 0.3 is 5.97 Å². The molecule has 1 atom stereocenters. The van der Waals surface area contributed by atoms with Gasteiger partial charge < -0.3 is 15.3 Å². The Morgan fingerprint density at radius 1 is 1.20 bits per heavy atom. The molecule has 0 spiro atoms. The zero-order valence-corrected chi connectivity index (χ0v) is 11.1. The van der Waals surface area contributed by atoms with Crippen molar-refractivity contribution in [1.29, 1.82) is 0 Å². The van der Waals surface area contributed by atoms with Gasteiger partial charge in [0.15, 0.2) is 5.60 Å². The van der Waals surface area contributed by atoms with Gasteiger partial charge in [-0.3, -0.25) is 4.79 Å². The van der Waals surface area contributed by atoms with Gasteiger partial charge in [-0.1, -0.05) is 24.3 Å². The van der Waals surface area contributed by atoms with Gasteiger partial charge in [0, 0.05) is 6.42 Å². The van der Waals surface area contributed by atoms with E-state index < -0.39 is 16.8 Å². The van der Waals surface area contributed by atoms with Gasteiger partial charge in [-0.05, 0) is 35.9 Å². The Hall–Kier alpha value is -2.11. The highest BCUT2D eigenvalue weighted by Gasteiger charge is 2.34. The predicted octanol–water partition coefficient (Wildman–Crippen LogP) is 2.27. The van der Waals surface area contributed by atoms with Crippen LogP contribution in [0.25, 0.3) is 0 Å². The van der Waals surface area contributed by atoms with Gasteiger partial charge in [0.1, 0.15) is 0 Å². The smallest absolute Gasteiger partial charge is 0.335 e. The first-order valence-electron chi connectivity index (χ1n) is 5.63. The number of carbonyl (C=O) groups excluding carboxylic acids is 1. The summed E-state index contributed by atoms with van der Waals surface area (Å²) in [6.45, 7) is 0. The molecule has 2 rings (SSSR count). The van der Waals surface area contributed by atoms with Crippen LogP contribution in [0.2, 0.25) is 0 Å². The largest absolute Gasteiger partial charge is 0.512 e. The standard InChI is InChI=1S/C7H7ClO3.C7H6O2/c8-6(10)7(11)3-1-2-5(9)4-7;8-7(9)6-4-2-1-3-5-6/h1-3,9,11H,4H2;1-5H,(H,8,9). The van der Waals surface area contributed by atoms with Crippen molar-refractivity contribution < 1.29 is 24.9 Å². The molecule has 0 heterocycles. The lowest BCUT2D eigenvalue weighted by Gasteiger charge is -2.21. The summed E-state index contributed by atoms with van der Waals surface area (Å²) in [6.07, 6.45) is 3.89. The van der Waals surface area contributed by atoms with Gasteiger partial charge in [-0.15, -0.1) is 0 Å². The zero-order chi connectivity index (χ0) is 15.2. The van der Waals surface area contributed by atoms with Crippen LogP contribution in [0.1, 0.15) is 16.8 Å². The highest BCUT2D eigenvalue weighted by Crippen LogP contribution is 2.23. The maximum Gasteiger partial charge on any atom is 0.335 e. The third kappa shape index (κ3) is 4.53. The lowest BCUT2D eigenvalue weighted by Crippen LogP contribution is -2.34. The van der Waals surface area contributed by atoms with Crippen LogP contribution >= 0.6 is 11.6 Å².